The van der Waals surface area contributed by atoms with Gasteiger partial charge in [-0.1, -0.05) is 44.2 Å². The molecular weight excluding hydrogens is 728 g/mol. The number of nitrogens with one attached hydrogen (secondary N) is 1. The Morgan fingerprint density at radius 1 is 0.875 bits per heavy atom. The molecule has 3 aromatic rings. The van der Waals surface area contributed by atoms with E-state index in [1.165, 1.54) is 18.7 Å². The van der Waals surface area contributed by atoms with Crippen LogP contribution in [-0.4, -0.2) is 84.5 Å². The lowest BCUT2D eigenvalue weighted by atomic mass is 9.95. The van der Waals surface area contributed by atoms with Gasteiger partial charge in [0.05, 0.1) is 24.1 Å². The molecule has 0 saturated carbocycles. The SMILES string of the molecule is CC(=O)O[C@@H]1[C@@H](OC(C)=O)[C@H](Oc2cc(COc3cc4c(c5ccccc35)[C@H](CO)CN4C(=O)OC(C)(C)C)ccc2NC(=O)C(C)C)O[C@H](C)[C@H]1OC(C)=O. The molecule has 15 nitrogen and oxygen atoms in total. The lowest BCUT2D eigenvalue weighted by Crippen LogP contribution is -2.62. The van der Waals surface area contributed by atoms with Crippen molar-refractivity contribution in [3.8, 4) is 11.5 Å². The first-order valence-electron chi connectivity index (χ1n) is 18.4. The number of anilines is 2. The molecule has 0 aliphatic carbocycles. The summed E-state index contributed by atoms with van der Waals surface area (Å²) in [7, 11) is 0. The van der Waals surface area contributed by atoms with Crippen LogP contribution in [0.25, 0.3) is 10.8 Å². The number of amides is 2. The summed E-state index contributed by atoms with van der Waals surface area (Å²) in [6, 6.07) is 14.3. The highest BCUT2D eigenvalue weighted by Gasteiger charge is 2.52. The molecule has 5 rings (SSSR count). The normalized spacial score (nSPS) is 21.9. The average Bonchev–Trinajstić information content (AvgIpc) is 3.49. The molecule has 0 aromatic heterocycles. The predicted molar refractivity (Wildman–Crippen MR) is 203 cm³/mol. The Balaban J connectivity index is 1.51. The van der Waals surface area contributed by atoms with E-state index in [9.17, 15) is 29.1 Å². The van der Waals surface area contributed by atoms with E-state index in [0.29, 0.717) is 17.0 Å². The maximum Gasteiger partial charge on any atom is 0.414 e. The van der Waals surface area contributed by atoms with E-state index in [2.05, 4.69) is 5.32 Å². The van der Waals surface area contributed by atoms with E-state index in [4.69, 9.17) is 33.2 Å². The number of hydrogen-bond donors (Lipinski definition) is 2. The summed E-state index contributed by atoms with van der Waals surface area (Å²) in [6.45, 7) is 14.0. The number of fused-ring (bicyclic) bond motifs is 3. The van der Waals surface area contributed by atoms with Crippen molar-refractivity contribution >= 4 is 52.1 Å². The average molecular weight is 779 g/mol. The largest absolute Gasteiger partial charge is 0.488 e. The summed E-state index contributed by atoms with van der Waals surface area (Å²) < 4.78 is 41.1. The molecule has 1 fully saturated rings. The van der Waals surface area contributed by atoms with Crippen LogP contribution in [-0.2, 0) is 49.5 Å². The Labute approximate surface area is 325 Å². The van der Waals surface area contributed by atoms with Crippen LogP contribution in [0.4, 0.5) is 16.2 Å². The van der Waals surface area contributed by atoms with Gasteiger partial charge in [0.25, 0.3) is 0 Å². The molecule has 6 atom stereocenters. The third-order valence-corrected chi connectivity index (χ3v) is 9.06. The van der Waals surface area contributed by atoms with Gasteiger partial charge in [-0.05, 0) is 56.3 Å². The standard InChI is InChI=1S/C41H50N2O13/c1-21(2)38(48)42-30-15-14-26(16-33(30)55-39-37(54-25(6)47)36(53-24(5)46)35(22(3)51-39)52-23(4)45)20-50-32-17-31-34(29-13-11-10-12-28(29)32)27(19-44)18-43(31)40(49)56-41(7,8)9/h10-17,21-22,27,35-37,39,44H,18-20H2,1-9H3,(H,42,48)/t22-,27+,35-,36+,37-,39+/m1/s1. The topological polar surface area (TPSA) is 185 Å². The lowest BCUT2D eigenvalue weighted by Gasteiger charge is -2.43. The van der Waals surface area contributed by atoms with E-state index < -0.39 is 60.3 Å². The maximum absolute atomic E-state index is 13.4. The van der Waals surface area contributed by atoms with Gasteiger partial charge in [0.15, 0.2) is 12.2 Å². The molecule has 2 heterocycles. The van der Waals surface area contributed by atoms with E-state index in [-0.39, 0.29) is 48.9 Å². The van der Waals surface area contributed by atoms with Crippen molar-refractivity contribution < 1.29 is 62.2 Å². The number of esters is 3. The molecule has 2 N–H and O–H groups in total. The van der Waals surface area contributed by atoms with Crippen LogP contribution in [0.15, 0.2) is 48.5 Å². The van der Waals surface area contributed by atoms with Crippen LogP contribution in [0.5, 0.6) is 11.5 Å². The van der Waals surface area contributed by atoms with E-state index in [1.807, 2.05) is 24.3 Å². The number of benzene rings is 3. The molecule has 1 saturated heterocycles. The van der Waals surface area contributed by atoms with Crippen LogP contribution >= 0.6 is 0 Å². The van der Waals surface area contributed by atoms with Crippen molar-refractivity contribution in [1.29, 1.82) is 0 Å². The third-order valence-electron chi connectivity index (χ3n) is 9.06. The maximum atomic E-state index is 13.4. The van der Waals surface area contributed by atoms with Crippen molar-refractivity contribution in [3.05, 3.63) is 59.7 Å². The van der Waals surface area contributed by atoms with E-state index in [1.54, 1.807) is 65.8 Å². The first-order chi connectivity index (χ1) is 26.4. The number of nitrogens with zero attached hydrogens (tertiary/aromatic N) is 1. The van der Waals surface area contributed by atoms with Crippen molar-refractivity contribution in [2.24, 2.45) is 5.92 Å². The summed E-state index contributed by atoms with van der Waals surface area (Å²) in [5.41, 5.74) is 1.50. The fraction of sp³-hybridized carbons (Fsp3) is 0.488. The molecule has 2 aliphatic heterocycles. The molecule has 2 aliphatic rings. The van der Waals surface area contributed by atoms with E-state index in [0.717, 1.165) is 23.3 Å². The Morgan fingerprint density at radius 3 is 2.11 bits per heavy atom. The number of hydrogen-bond acceptors (Lipinski definition) is 13. The fourth-order valence-corrected chi connectivity index (χ4v) is 6.66. The van der Waals surface area contributed by atoms with Crippen molar-refractivity contribution in [1.82, 2.24) is 0 Å². The van der Waals surface area contributed by atoms with Gasteiger partial charge in [0.2, 0.25) is 18.3 Å². The first-order valence-corrected chi connectivity index (χ1v) is 18.4. The summed E-state index contributed by atoms with van der Waals surface area (Å²) in [6.07, 6.45) is -6.65. The Kier molecular flexibility index (Phi) is 12.8. The number of carbonyl (C=O) groups is 5. The Morgan fingerprint density at radius 2 is 1.50 bits per heavy atom. The van der Waals surface area contributed by atoms with Gasteiger partial charge in [-0.3, -0.25) is 24.1 Å². The molecule has 302 valence electrons. The minimum absolute atomic E-state index is 0.00663. The van der Waals surface area contributed by atoms with Gasteiger partial charge in [-0.15, -0.1) is 0 Å². The van der Waals surface area contributed by atoms with Gasteiger partial charge in [-0.25, -0.2) is 4.79 Å². The molecule has 2 amide bonds. The number of rotatable bonds is 11. The zero-order chi connectivity index (χ0) is 41.1. The summed E-state index contributed by atoms with van der Waals surface area (Å²) in [5, 5.41) is 14.8. The van der Waals surface area contributed by atoms with E-state index >= 15 is 0 Å². The second kappa shape index (κ2) is 17.2. The van der Waals surface area contributed by atoms with Gasteiger partial charge in [-0.2, -0.15) is 0 Å². The third kappa shape index (κ3) is 9.69. The molecule has 15 heteroatoms. The van der Waals surface area contributed by atoms with Crippen molar-refractivity contribution in [2.45, 2.75) is 111 Å². The molecule has 56 heavy (non-hydrogen) atoms. The highest BCUT2D eigenvalue weighted by Crippen LogP contribution is 2.46. The van der Waals surface area contributed by atoms with Crippen LogP contribution < -0.4 is 19.7 Å². The fourth-order valence-electron chi connectivity index (χ4n) is 6.66. The monoisotopic (exact) mass is 778 g/mol. The zero-order valence-corrected chi connectivity index (χ0v) is 33.1. The molecular formula is C41H50N2O13. The van der Waals surface area contributed by atoms with Gasteiger partial charge in [0.1, 0.15) is 23.7 Å². The van der Waals surface area contributed by atoms with Gasteiger partial charge in [0, 0.05) is 50.6 Å². The zero-order valence-electron chi connectivity index (χ0n) is 33.1. The highest BCUT2D eigenvalue weighted by molar-refractivity contribution is 6.02. The minimum Gasteiger partial charge on any atom is -0.488 e. The molecule has 0 radical (unpaired) electrons. The Bertz CT molecular complexity index is 1970. The predicted octanol–water partition coefficient (Wildman–Crippen LogP) is 5.76. The van der Waals surface area contributed by atoms with Gasteiger partial charge >= 0.3 is 24.0 Å². The number of aliphatic hydroxyl groups excluding tert-OH is 1. The summed E-state index contributed by atoms with van der Waals surface area (Å²) in [4.78, 5) is 64.3. The summed E-state index contributed by atoms with van der Waals surface area (Å²) in [5.74, 6) is -2.58. The van der Waals surface area contributed by atoms with Crippen LogP contribution in [0.1, 0.15) is 79.4 Å². The summed E-state index contributed by atoms with van der Waals surface area (Å²) >= 11 is 0. The highest BCUT2D eigenvalue weighted by atomic mass is 16.7. The second-order valence-corrected chi connectivity index (χ2v) is 15.1. The number of carbonyl (C=O) groups excluding carboxylic acids is 5. The lowest BCUT2D eigenvalue weighted by molar-refractivity contribution is -0.280. The first kappa shape index (κ1) is 41.7. The quantitative estimate of drug-likeness (QED) is 0.177. The smallest absolute Gasteiger partial charge is 0.414 e. The molecule has 3 aromatic carbocycles. The van der Waals surface area contributed by atoms with Crippen LogP contribution in [0.2, 0.25) is 0 Å². The number of ether oxygens (including phenoxy) is 7. The molecule has 0 spiro atoms. The minimum atomic E-state index is -1.39. The molecule has 0 bridgehead atoms. The Hall–Kier alpha value is -5.41. The number of aliphatic hydroxyl groups is 1. The van der Waals surface area contributed by atoms with Crippen LogP contribution in [0, 0.1) is 5.92 Å². The van der Waals surface area contributed by atoms with Crippen molar-refractivity contribution in [3.63, 3.8) is 0 Å². The van der Waals surface area contributed by atoms with Crippen LogP contribution in [0.3, 0.4) is 0 Å². The molecule has 0 unspecified atom stereocenters. The van der Waals surface area contributed by atoms with Gasteiger partial charge < -0.3 is 43.6 Å². The van der Waals surface area contributed by atoms with Crippen molar-refractivity contribution in [2.75, 3.05) is 23.4 Å². The second-order valence-electron chi connectivity index (χ2n) is 15.1.